The van der Waals surface area contributed by atoms with Crippen molar-refractivity contribution in [2.75, 3.05) is 0 Å². The third-order valence-electron chi connectivity index (χ3n) is 4.37. The molecule has 0 aliphatic carbocycles. The van der Waals surface area contributed by atoms with E-state index in [1.807, 2.05) is 0 Å². The average molecular weight is 437 g/mol. The summed E-state index contributed by atoms with van der Waals surface area (Å²) in [6, 6.07) is 0. The van der Waals surface area contributed by atoms with E-state index >= 15 is 0 Å². The zero-order chi connectivity index (χ0) is 19.9. The Morgan fingerprint density at radius 3 is 1.29 bits per heavy atom. The normalized spacial score (nSPS) is 9.71. The molecule has 0 heterocycles. The molecule has 0 fully saturated rings. The Bertz CT molecular complexity index is 341. The maximum atomic E-state index is 11.1. The molecule has 0 unspecified atom stereocenters. The zero-order valence-corrected chi connectivity index (χ0v) is 23.4. The Kier molecular flexibility index (Phi) is 43.4. The van der Waals surface area contributed by atoms with Crippen LogP contribution in [0.4, 0.5) is 0 Å². The monoisotopic (exact) mass is 436 g/mol. The van der Waals surface area contributed by atoms with Crippen molar-refractivity contribution in [2.24, 2.45) is 0 Å². The van der Waals surface area contributed by atoms with Gasteiger partial charge in [0.25, 0.3) is 0 Å². The molecule has 0 bridgehead atoms. The van der Waals surface area contributed by atoms with Gasteiger partial charge in [0.05, 0.1) is 6.42 Å². The SMILES string of the molecule is CCCCCCCCCCCCCCCCCC(=O)CC=O.O=S([O-])[O-].[Na+].[Na+]. The molecule has 0 rings (SSSR count). The Balaban J connectivity index is -0.000000435. The second kappa shape index (κ2) is 33.1. The van der Waals surface area contributed by atoms with Crippen LogP contribution in [0.3, 0.4) is 0 Å². The molecule has 0 saturated carbocycles. The number of ketones is 1. The van der Waals surface area contributed by atoms with Gasteiger partial charge >= 0.3 is 59.1 Å². The minimum Gasteiger partial charge on any atom is -0.784 e. The Hall–Kier alpha value is 1.41. The molecule has 0 atom stereocenters. The van der Waals surface area contributed by atoms with Crippen molar-refractivity contribution in [3.8, 4) is 0 Å². The molecular weight excluding hydrogens is 398 g/mol. The molecule has 0 N–H and O–H groups in total. The summed E-state index contributed by atoms with van der Waals surface area (Å²) >= 11 is -3.11. The van der Waals surface area contributed by atoms with Crippen molar-refractivity contribution in [3.63, 3.8) is 0 Å². The van der Waals surface area contributed by atoms with E-state index in [0.29, 0.717) is 12.7 Å². The number of rotatable bonds is 18. The smallest absolute Gasteiger partial charge is 0.784 e. The number of hydrogen-bond donors (Lipinski definition) is 0. The second-order valence-corrected chi connectivity index (χ2v) is 7.22. The first kappa shape index (κ1) is 36.8. The largest absolute Gasteiger partial charge is 1.00 e. The third kappa shape index (κ3) is 41.7. The minimum atomic E-state index is -3.11. The molecule has 8 heteroatoms. The molecule has 0 saturated heterocycles. The number of hydrogen-bond acceptors (Lipinski definition) is 5. The molecule has 0 aromatic carbocycles. The number of carbonyl (C=O) groups is 2. The van der Waals surface area contributed by atoms with Crippen molar-refractivity contribution in [3.05, 3.63) is 0 Å². The van der Waals surface area contributed by atoms with Crippen LogP contribution in [0.25, 0.3) is 0 Å². The molecule has 5 nitrogen and oxygen atoms in total. The van der Waals surface area contributed by atoms with Gasteiger partial charge in [0.1, 0.15) is 12.1 Å². The van der Waals surface area contributed by atoms with Gasteiger partial charge in [0.15, 0.2) is 0 Å². The molecule has 0 spiro atoms. The van der Waals surface area contributed by atoms with Gasteiger partial charge in [-0.2, -0.15) is 0 Å². The first-order chi connectivity index (χ1) is 12.5. The molecule has 28 heavy (non-hydrogen) atoms. The zero-order valence-electron chi connectivity index (χ0n) is 18.5. The minimum absolute atomic E-state index is 0. The summed E-state index contributed by atoms with van der Waals surface area (Å²) in [6.07, 6.45) is 21.5. The van der Waals surface area contributed by atoms with E-state index in [0.717, 1.165) is 12.8 Å². The first-order valence-electron chi connectivity index (χ1n) is 10.3. The standard InChI is InChI=1S/C20H38O2.2Na.H2O3S/c1-2-3-4-5-6-7-8-9-10-11-12-13-14-15-16-17-20(22)18-19-21;;;1-4(2)3/h19H,2-18H2,1H3;;;(H2,1,2,3)/q;2*+1;/p-2. The van der Waals surface area contributed by atoms with Crippen molar-refractivity contribution in [1.29, 1.82) is 0 Å². The van der Waals surface area contributed by atoms with Crippen LogP contribution in [0.1, 0.15) is 116 Å². The van der Waals surface area contributed by atoms with E-state index in [2.05, 4.69) is 6.92 Å². The van der Waals surface area contributed by atoms with Crippen LogP contribution in [-0.2, 0) is 21.0 Å². The van der Waals surface area contributed by atoms with Crippen LogP contribution in [0.5, 0.6) is 0 Å². The van der Waals surface area contributed by atoms with Crippen molar-refractivity contribution in [2.45, 2.75) is 116 Å². The fourth-order valence-electron chi connectivity index (χ4n) is 2.89. The summed E-state index contributed by atoms with van der Waals surface area (Å²) in [5.74, 6) is 0.102. The topological polar surface area (TPSA) is 97.3 Å². The maximum absolute atomic E-state index is 11.1. The van der Waals surface area contributed by atoms with E-state index in [-0.39, 0.29) is 71.3 Å². The van der Waals surface area contributed by atoms with Crippen molar-refractivity contribution < 1.29 is 82.0 Å². The third-order valence-corrected chi connectivity index (χ3v) is 4.37. The van der Waals surface area contributed by atoms with Crippen molar-refractivity contribution in [1.82, 2.24) is 0 Å². The van der Waals surface area contributed by atoms with E-state index in [4.69, 9.17) is 13.3 Å². The Morgan fingerprint density at radius 1 is 0.714 bits per heavy atom. The molecule has 0 aromatic rings. The molecule has 0 aliphatic heterocycles. The molecule has 0 aliphatic rings. The molecule has 0 radical (unpaired) electrons. The van der Waals surface area contributed by atoms with Crippen LogP contribution in [0.15, 0.2) is 0 Å². The number of unbranched alkanes of at least 4 members (excludes halogenated alkanes) is 14. The second-order valence-electron chi connectivity index (χ2n) is 6.81. The molecular formula is C20H38Na2O5S. The van der Waals surface area contributed by atoms with Crippen LogP contribution in [-0.4, -0.2) is 25.4 Å². The van der Waals surface area contributed by atoms with Crippen LogP contribution in [0.2, 0.25) is 0 Å². The molecule has 156 valence electrons. The fraction of sp³-hybridized carbons (Fsp3) is 0.900. The van der Waals surface area contributed by atoms with E-state index in [1.165, 1.54) is 83.5 Å². The van der Waals surface area contributed by atoms with Crippen LogP contribution < -0.4 is 59.1 Å². The average Bonchev–Trinajstić information content (AvgIpc) is 2.58. The quantitative estimate of drug-likeness (QED) is 0.0941. The predicted molar refractivity (Wildman–Crippen MR) is 105 cm³/mol. The number of Topliss-reactive ketones (excluding diaryl/α,β-unsaturated/α-hetero) is 1. The molecule has 0 amide bonds. The van der Waals surface area contributed by atoms with Gasteiger partial charge in [-0.25, -0.2) is 0 Å². The summed E-state index contributed by atoms with van der Waals surface area (Å²) < 4.78 is 25.3. The van der Waals surface area contributed by atoms with Gasteiger partial charge in [-0.15, -0.1) is 11.4 Å². The molecule has 0 aromatic heterocycles. The first-order valence-corrected chi connectivity index (χ1v) is 11.3. The summed E-state index contributed by atoms with van der Waals surface area (Å²) in [5.41, 5.74) is 0. The van der Waals surface area contributed by atoms with Gasteiger partial charge in [0, 0.05) is 6.42 Å². The predicted octanol–water partition coefficient (Wildman–Crippen LogP) is -0.590. The van der Waals surface area contributed by atoms with Gasteiger partial charge in [-0.1, -0.05) is 96.8 Å². The van der Waals surface area contributed by atoms with Gasteiger partial charge in [-0.3, -0.25) is 9.00 Å². The van der Waals surface area contributed by atoms with Crippen LogP contribution in [0, 0.1) is 0 Å². The number of carbonyl (C=O) groups excluding carboxylic acids is 2. The van der Waals surface area contributed by atoms with Gasteiger partial charge < -0.3 is 13.9 Å². The Labute approximate surface area is 219 Å². The summed E-state index contributed by atoms with van der Waals surface area (Å²) in [4.78, 5) is 21.3. The van der Waals surface area contributed by atoms with E-state index in [1.54, 1.807) is 0 Å². The summed E-state index contributed by atoms with van der Waals surface area (Å²) in [7, 11) is 0. The van der Waals surface area contributed by atoms with Gasteiger partial charge in [-0.05, 0) is 6.42 Å². The van der Waals surface area contributed by atoms with E-state index in [9.17, 15) is 9.59 Å². The number of aldehydes is 1. The maximum Gasteiger partial charge on any atom is 1.00 e. The Morgan fingerprint density at radius 2 is 1.00 bits per heavy atom. The van der Waals surface area contributed by atoms with Crippen molar-refractivity contribution >= 4 is 23.4 Å². The summed E-state index contributed by atoms with van der Waals surface area (Å²) in [6.45, 7) is 2.27. The summed E-state index contributed by atoms with van der Waals surface area (Å²) in [5, 5.41) is 0. The van der Waals surface area contributed by atoms with Gasteiger partial charge in [0.2, 0.25) is 0 Å². The van der Waals surface area contributed by atoms with Crippen LogP contribution >= 0.6 is 0 Å². The van der Waals surface area contributed by atoms with E-state index < -0.39 is 11.4 Å². The fourth-order valence-corrected chi connectivity index (χ4v) is 2.89.